The third kappa shape index (κ3) is 4.13. The predicted octanol–water partition coefficient (Wildman–Crippen LogP) is 2.65. The van der Waals surface area contributed by atoms with Crippen molar-refractivity contribution in [1.29, 1.82) is 0 Å². The van der Waals surface area contributed by atoms with Crippen molar-refractivity contribution >= 4 is 17.4 Å². The smallest absolute Gasteiger partial charge is 0.242 e. The Labute approximate surface area is 142 Å². The zero-order chi connectivity index (χ0) is 17.5. The number of nitrogens with one attached hydrogen (secondary N) is 1. The highest BCUT2D eigenvalue weighted by molar-refractivity contribution is 5.64. The minimum absolute atomic E-state index is 0.577. The zero-order valence-corrected chi connectivity index (χ0v) is 14.7. The summed E-state index contributed by atoms with van der Waals surface area (Å²) >= 11 is 0. The molecule has 0 spiro atoms. The third-order valence-corrected chi connectivity index (χ3v) is 3.57. The maximum Gasteiger partial charge on any atom is 0.242 e. The van der Waals surface area contributed by atoms with Gasteiger partial charge in [-0.2, -0.15) is 4.98 Å². The van der Waals surface area contributed by atoms with E-state index in [0.29, 0.717) is 5.95 Å². The number of ether oxygens (including phenoxy) is 1. The lowest BCUT2D eigenvalue weighted by Gasteiger charge is -2.18. The van der Waals surface area contributed by atoms with E-state index in [1.54, 1.807) is 37.1 Å². The minimum atomic E-state index is 0.577. The van der Waals surface area contributed by atoms with Crippen LogP contribution in [0.1, 0.15) is 13.3 Å². The van der Waals surface area contributed by atoms with Crippen LogP contribution in [-0.2, 0) is 4.74 Å². The fraction of sp³-hybridized carbons (Fsp3) is 0.353. The van der Waals surface area contributed by atoms with E-state index in [2.05, 4.69) is 38.8 Å². The number of methoxy groups -OCH3 is 1. The molecule has 24 heavy (non-hydrogen) atoms. The molecule has 0 aromatic carbocycles. The molecule has 1 N–H and O–H groups in total. The molecule has 0 saturated heterocycles. The molecule has 0 aliphatic rings. The van der Waals surface area contributed by atoms with Crippen LogP contribution in [-0.4, -0.2) is 47.3 Å². The second-order valence-electron chi connectivity index (χ2n) is 5.38. The Morgan fingerprint density at radius 1 is 1.50 bits per heavy atom. The highest BCUT2D eigenvalue weighted by Gasteiger charge is 2.12. The molecular weight excluding hydrogens is 304 g/mol. The van der Waals surface area contributed by atoms with Crippen molar-refractivity contribution in [2.24, 2.45) is 0 Å². The van der Waals surface area contributed by atoms with E-state index in [0.717, 1.165) is 30.2 Å². The Hall–Kier alpha value is -2.83. The van der Waals surface area contributed by atoms with E-state index in [1.807, 2.05) is 19.2 Å². The lowest BCUT2D eigenvalue weighted by Crippen LogP contribution is -2.21. The van der Waals surface area contributed by atoms with E-state index in [1.165, 1.54) is 5.57 Å². The zero-order valence-electron chi connectivity index (χ0n) is 14.7. The standard InChI is InChI=1S/C17H24N6O/c1-6-7-14(24-5)12-13(2)8-10-22(4)15-16-20-17(18-3)21-23(16)11-9-19-15/h6-7,9,11-12H,1,8,10H2,2-5H3,(H,18,21)/b13-12+,14-7+. The molecule has 0 unspecified atom stereocenters. The Kier molecular flexibility index (Phi) is 5.95. The van der Waals surface area contributed by atoms with Crippen molar-refractivity contribution in [2.45, 2.75) is 13.3 Å². The first-order valence-electron chi connectivity index (χ1n) is 7.73. The van der Waals surface area contributed by atoms with Crippen molar-refractivity contribution in [3.05, 3.63) is 48.5 Å². The Morgan fingerprint density at radius 2 is 2.29 bits per heavy atom. The molecule has 0 aliphatic carbocycles. The summed E-state index contributed by atoms with van der Waals surface area (Å²) < 4.78 is 7.01. The number of nitrogens with zero attached hydrogens (tertiary/aromatic N) is 5. The van der Waals surface area contributed by atoms with Crippen LogP contribution >= 0.6 is 0 Å². The Morgan fingerprint density at radius 3 is 2.96 bits per heavy atom. The van der Waals surface area contributed by atoms with Gasteiger partial charge >= 0.3 is 0 Å². The predicted molar refractivity (Wildman–Crippen MR) is 97.3 cm³/mol. The molecule has 0 fully saturated rings. The molecule has 0 saturated carbocycles. The molecule has 0 atom stereocenters. The fourth-order valence-electron chi connectivity index (χ4n) is 2.24. The first-order chi connectivity index (χ1) is 11.6. The van der Waals surface area contributed by atoms with Gasteiger partial charge in [-0.15, -0.1) is 5.10 Å². The van der Waals surface area contributed by atoms with Crippen LogP contribution in [0.15, 0.2) is 48.5 Å². The van der Waals surface area contributed by atoms with E-state index in [9.17, 15) is 0 Å². The van der Waals surface area contributed by atoms with Gasteiger partial charge in [0.15, 0.2) is 11.5 Å². The van der Waals surface area contributed by atoms with Crippen molar-refractivity contribution in [3.8, 4) is 0 Å². The lowest BCUT2D eigenvalue weighted by atomic mass is 10.2. The quantitative estimate of drug-likeness (QED) is 0.593. The van der Waals surface area contributed by atoms with Gasteiger partial charge in [0.05, 0.1) is 7.11 Å². The summed E-state index contributed by atoms with van der Waals surface area (Å²) in [6.07, 6.45) is 9.96. The van der Waals surface area contributed by atoms with Gasteiger partial charge in [-0.3, -0.25) is 0 Å². The molecule has 7 heteroatoms. The Balaban J connectivity index is 2.11. The monoisotopic (exact) mass is 328 g/mol. The first-order valence-corrected chi connectivity index (χ1v) is 7.73. The van der Waals surface area contributed by atoms with Crippen molar-refractivity contribution in [1.82, 2.24) is 19.6 Å². The van der Waals surface area contributed by atoms with Gasteiger partial charge in [0.2, 0.25) is 5.95 Å². The van der Waals surface area contributed by atoms with Gasteiger partial charge in [-0.25, -0.2) is 9.50 Å². The van der Waals surface area contributed by atoms with Crippen LogP contribution < -0.4 is 10.2 Å². The number of fused-ring (bicyclic) bond motifs is 1. The lowest BCUT2D eigenvalue weighted by molar-refractivity contribution is 0.306. The molecule has 2 heterocycles. The number of allylic oxidation sites excluding steroid dienone is 3. The SMILES string of the molecule is C=C/C=C(\C=C(/C)CCN(C)c1nccn2nc(NC)nc12)OC. The summed E-state index contributed by atoms with van der Waals surface area (Å²) in [5.74, 6) is 2.17. The maximum absolute atomic E-state index is 5.28. The van der Waals surface area contributed by atoms with Gasteiger partial charge in [-0.1, -0.05) is 18.2 Å². The summed E-state index contributed by atoms with van der Waals surface area (Å²) in [6.45, 7) is 6.57. The van der Waals surface area contributed by atoms with Crippen LogP contribution in [0, 0.1) is 0 Å². The summed E-state index contributed by atoms with van der Waals surface area (Å²) in [7, 11) is 5.45. The van der Waals surface area contributed by atoms with Gasteiger partial charge in [0.1, 0.15) is 5.76 Å². The highest BCUT2D eigenvalue weighted by atomic mass is 16.5. The summed E-state index contributed by atoms with van der Waals surface area (Å²) in [5.41, 5.74) is 1.94. The topological polar surface area (TPSA) is 67.6 Å². The van der Waals surface area contributed by atoms with Crippen LogP contribution in [0.4, 0.5) is 11.8 Å². The molecule has 7 nitrogen and oxygen atoms in total. The van der Waals surface area contributed by atoms with Crippen LogP contribution in [0.2, 0.25) is 0 Å². The molecule has 0 aliphatic heterocycles. The van der Waals surface area contributed by atoms with E-state index >= 15 is 0 Å². The number of aromatic nitrogens is 4. The van der Waals surface area contributed by atoms with E-state index in [4.69, 9.17) is 4.74 Å². The molecule has 2 aromatic rings. The summed E-state index contributed by atoms with van der Waals surface area (Å²) in [6, 6.07) is 0. The molecular formula is C17H24N6O. The van der Waals surface area contributed by atoms with Crippen LogP contribution in [0.25, 0.3) is 5.65 Å². The average molecular weight is 328 g/mol. The number of rotatable bonds is 8. The van der Waals surface area contributed by atoms with Crippen molar-refractivity contribution in [2.75, 3.05) is 38.0 Å². The van der Waals surface area contributed by atoms with Crippen LogP contribution in [0.5, 0.6) is 0 Å². The molecule has 128 valence electrons. The molecule has 0 amide bonds. The van der Waals surface area contributed by atoms with E-state index < -0.39 is 0 Å². The number of anilines is 2. The van der Waals surface area contributed by atoms with Crippen LogP contribution in [0.3, 0.4) is 0 Å². The van der Waals surface area contributed by atoms with Gasteiger partial charge in [0, 0.05) is 33.0 Å². The largest absolute Gasteiger partial charge is 0.497 e. The van der Waals surface area contributed by atoms with Crippen molar-refractivity contribution < 1.29 is 4.74 Å². The van der Waals surface area contributed by atoms with Gasteiger partial charge in [-0.05, 0) is 25.5 Å². The highest BCUT2D eigenvalue weighted by Crippen LogP contribution is 2.18. The molecule has 2 aromatic heterocycles. The average Bonchev–Trinajstić information content (AvgIpc) is 3.02. The molecule has 2 rings (SSSR count). The molecule has 0 radical (unpaired) electrons. The second-order valence-corrected chi connectivity index (χ2v) is 5.38. The second kappa shape index (κ2) is 8.14. The molecule has 0 bridgehead atoms. The van der Waals surface area contributed by atoms with Gasteiger partial charge in [0.25, 0.3) is 0 Å². The van der Waals surface area contributed by atoms with Gasteiger partial charge < -0.3 is 15.0 Å². The number of hydrogen-bond donors (Lipinski definition) is 1. The summed E-state index contributed by atoms with van der Waals surface area (Å²) in [5, 5.41) is 7.27. The third-order valence-electron chi connectivity index (χ3n) is 3.57. The fourth-order valence-corrected chi connectivity index (χ4v) is 2.24. The Bertz CT molecular complexity index is 762. The van der Waals surface area contributed by atoms with E-state index in [-0.39, 0.29) is 0 Å². The first kappa shape index (κ1) is 17.5. The minimum Gasteiger partial charge on any atom is -0.497 e. The summed E-state index contributed by atoms with van der Waals surface area (Å²) in [4.78, 5) is 11.0. The number of hydrogen-bond acceptors (Lipinski definition) is 6. The van der Waals surface area contributed by atoms with Crippen molar-refractivity contribution in [3.63, 3.8) is 0 Å². The maximum atomic E-state index is 5.28. The normalized spacial score (nSPS) is 12.3.